The molecule has 8 aliphatic heterocycles. The molecule has 8 aliphatic rings. The van der Waals surface area contributed by atoms with Crippen molar-refractivity contribution < 1.29 is 208 Å². The molecular formula is C63H111NO42S2. The van der Waals surface area contributed by atoms with Gasteiger partial charge in [-0.05, 0) is 12.7 Å². The van der Waals surface area contributed by atoms with Gasteiger partial charge >= 0.3 is 0 Å². The van der Waals surface area contributed by atoms with E-state index in [-0.39, 0.29) is 5.75 Å². The van der Waals surface area contributed by atoms with Crippen LogP contribution in [0.1, 0.15) is 34.6 Å². The first-order valence-corrected chi connectivity index (χ1v) is 37.4. The number of amides is 1. The van der Waals surface area contributed by atoms with Crippen LogP contribution in [0.3, 0.4) is 0 Å². The van der Waals surface area contributed by atoms with E-state index in [1.54, 1.807) is 0 Å². The standard InChI is InChI=1S/C63H111NO42S2/c1-19-35(77)48(29(13-70)91-55(19)64-34(76)18-108-7-6-107)100-56-20(2)37(79)51(32(16-73)96-56)103-61-47(89)52(104-63-54(45(87)41(83)28(12-69)95-63)106-58-21(3)36(78)49(30(14-71)97-58)101-59(23(5)74)92-25(9-66)24(75)8-65)42(84)33(99-61)17-90-62-53(44(86)40(82)27(11-68)94-62)105-57-22(4)38(80)50(31(15-72)98-57)102-60-46(88)43(85)39(81)26(10-67)93-60/h19-33,35-63,65-75,77-89,107H,6-18H2,1-5H3,(H,64,76)/t19?,20?,21-,22?,23-,24+,25?,26?,27?,28+,29?,30?,31-,32?,33?,35?,36?,37?,38?,39-,40+,41+,42+,43?,44?,45?,46-,47?,48+,49+,50+,51+,52-,53+,54?,55+,56-,57-,58-,59-,60-,61-,62-,63+/m0/s1. The summed E-state index contributed by atoms with van der Waals surface area (Å²) in [5, 5.41) is 266. The van der Waals surface area contributed by atoms with Gasteiger partial charge < -0.3 is 208 Å². The highest BCUT2D eigenvalue weighted by molar-refractivity contribution is 8.00. The summed E-state index contributed by atoms with van der Waals surface area (Å²) in [5.74, 6) is -4.06. The van der Waals surface area contributed by atoms with E-state index in [0.29, 0.717) is 11.5 Å². The zero-order chi connectivity index (χ0) is 79.6. The van der Waals surface area contributed by atoms with Gasteiger partial charge in [0.05, 0.1) is 96.2 Å². The van der Waals surface area contributed by atoms with E-state index in [1.165, 1.54) is 46.4 Å². The lowest BCUT2D eigenvalue weighted by Gasteiger charge is -2.51. The second-order valence-electron chi connectivity index (χ2n) is 28.1. The Morgan fingerprint density at radius 2 is 0.778 bits per heavy atom. The fourth-order valence-electron chi connectivity index (χ4n) is 13.8. The molecule has 0 aliphatic carbocycles. The van der Waals surface area contributed by atoms with Crippen molar-refractivity contribution in [3.05, 3.63) is 0 Å². The number of rotatable bonds is 35. The molecule has 8 rings (SSSR count). The first-order valence-electron chi connectivity index (χ1n) is 35.6. The number of hydrogen-bond donors (Lipinski definition) is 26. The summed E-state index contributed by atoms with van der Waals surface area (Å²) in [4.78, 5) is 12.8. The predicted octanol–water partition coefficient (Wildman–Crippen LogP) is -14.1. The van der Waals surface area contributed by atoms with Gasteiger partial charge in [0.2, 0.25) is 5.91 Å². The molecule has 0 spiro atoms. The predicted molar refractivity (Wildman–Crippen MR) is 354 cm³/mol. The number of carbonyl (C=O) groups is 1. The minimum atomic E-state index is -2.36. The van der Waals surface area contributed by atoms with E-state index >= 15 is 0 Å². The van der Waals surface area contributed by atoms with Crippen molar-refractivity contribution in [2.45, 2.75) is 280 Å². The van der Waals surface area contributed by atoms with E-state index in [9.17, 15) is 127 Å². The molecule has 0 aromatic heterocycles. The average molecular weight is 1620 g/mol. The Labute approximate surface area is 628 Å². The van der Waals surface area contributed by atoms with Crippen LogP contribution in [-0.4, -0.2) is 458 Å². The van der Waals surface area contributed by atoms with Gasteiger partial charge in [0.15, 0.2) is 50.3 Å². The first-order chi connectivity index (χ1) is 51.3. The highest BCUT2D eigenvalue weighted by Crippen LogP contribution is 2.41. The van der Waals surface area contributed by atoms with E-state index in [0.717, 1.165) is 0 Å². The van der Waals surface area contributed by atoms with Crippen LogP contribution in [0.5, 0.6) is 0 Å². The third kappa shape index (κ3) is 21.1. The zero-order valence-corrected chi connectivity index (χ0v) is 61.2. The molecule has 108 heavy (non-hydrogen) atoms. The molecule has 0 aromatic carbocycles. The van der Waals surface area contributed by atoms with Gasteiger partial charge in [-0.25, -0.2) is 0 Å². The average Bonchev–Trinajstić information content (AvgIpc) is 0.777. The molecule has 45 heteroatoms. The molecule has 19 unspecified atom stereocenters. The fraction of sp³-hybridized carbons (Fsp3) is 0.984. The molecule has 0 saturated carbocycles. The van der Waals surface area contributed by atoms with Crippen molar-refractivity contribution in [3.63, 3.8) is 0 Å². The maximum atomic E-state index is 12.8. The number of hydrogen-bond acceptors (Lipinski definition) is 44. The van der Waals surface area contributed by atoms with Crippen LogP contribution in [0.15, 0.2) is 0 Å². The van der Waals surface area contributed by atoms with E-state index in [4.69, 9.17) is 80.5 Å². The van der Waals surface area contributed by atoms with Crippen molar-refractivity contribution in [3.8, 4) is 0 Å². The molecule has 0 bridgehead atoms. The van der Waals surface area contributed by atoms with Crippen LogP contribution in [0.2, 0.25) is 0 Å². The lowest BCUT2D eigenvalue weighted by Crippen LogP contribution is -2.68. The lowest BCUT2D eigenvalue weighted by atomic mass is 9.89. The minimum Gasteiger partial charge on any atom is -0.394 e. The Hall–Kier alpha value is -1.47. The normalized spacial score (nSPS) is 47.4. The second kappa shape index (κ2) is 42.1. The van der Waals surface area contributed by atoms with Crippen LogP contribution in [0.4, 0.5) is 0 Å². The largest absolute Gasteiger partial charge is 0.394 e. The van der Waals surface area contributed by atoms with Gasteiger partial charge in [-0.1, -0.05) is 27.7 Å². The third-order valence-electron chi connectivity index (χ3n) is 20.6. The van der Waals surface area contributed by atoms with Crippen LogP contribution < -0.4 is 5.32 Å². The Bertz CT molecular complexity index is 2630. The number of thioether (sulfide) groups is 1. The maximum absolute atomic E-state index is 12.8. The van der Waals surface area contributed by atoms with Crippen LogP contribution >= 0.6 is 24.4 Å². The lowest BCUT2D eigenvalue weighted by molar-refractivity contribution is -0.401. The van der Waals surface area contributed by atoms with Crippen molar-refractivity contribution in [2.75, 3.05) is 83.3 Å². The molecule has 8 saturated heterocycles. The Morgan fingerprint density at radius 3 is 1.24 bits per heavy atom. The van der Waals surface area contributed by atoms with Gasteiger partial charge in [0.25, 0.3) is 0 Å². The molecule has 25 N–H and O–H groups in total. The summed E-state index contributed by atoms with van der Waals surface area (Å²) < 4.78 is 102. The molecule has 632 valence electrons. The monoisotopic (exact) mass is 1620 g/mol. The summed E-state index contributed by atoms with van der Waals surface area (Å²) in [5.41, 5.74) is 0. The summed E-state index contributed by atoms with van der Waals surface area (Å²) in [6.45, 7) is -2.67. The highest BCUT2D eigenvalue weighted by Gasteiger charge is 2.59. The Morgan fingerprint density at radius 1 is 0.398 bits per heavy atom. The minimum absolute atomic E-state index is 0.0334. The van der Waals surface area contributed by atoms with E-state index in [1.807, 2.05) is 0 Å². The van der Waals surface area contributed by atoms with Gasteiger partial charge in [-0.3, -0.25) is 4.79 Å². The van der Waals surface area contributed by atoms with Gasteiger partial charge in [-0.15, -0.1) is 0 Å². The highest BCUT2D eigenvalue weighted by atomic mass is 32.2. The molecule has 0 radical (unpaired) electrons. The van der Waals surface area contributed by atoms with Gasteiger partial charge in [-0.2, -0.15) is 24.4 Å². The number of aliphatic hydroxyl groups excluding tert-OH is 24. The molecule has 43 nitrogen and oxygen atoms in total. The van der Waals surface area contributed by atoms with Crippen molar-refractivity contribution in [1.82, 2.24) is 5.32 Å². The summed E-state index contributed by atoms with van der Waals surface area (Å²) in [7, 11) is 0. The number of thiol groups is 1. The zero-order valence-electron chi connectivity index (χ0n) is 59.5. The fourth-order valence-corrected chi connectivity index (χ4v) is 14.7. The summed E-state index contributed by atoms with van der Waals surface area (Å²) in [6, 6.07) is 0. The van der Waals surface area contributed by atoms with Crippen molar-refractivity contribution in [2.24, 2.45) is 23.7 Å². The molecular weight excluding hydrogens is 1510 g/mol. The number of carbonyl (C=O) groups excluding carboxylic acids is 1. The SMILES string of the molecule is CC1C(O)[C@H](O[C@@H]2OC(CO[C@H]3OC(CO)[C@@H](O)C(O)[C@H]3O[C@@H]3O[C@@H](CO)[C@@H](O[C@@H]4OC(CO)[C@H](O)C(O)[C@@H]4O)C(O)C3C)[C@@H](O)[C@H](O[C@H]3O[C@H](CO)[C@@H](O)C(O)C3O[C@@H]3OC(CO)[C@@H](O[C@H](OC(CO)[C@H](O)CO)[C@H](C)O)C(O)[C@@H]3C)C2O)C(CO)O[C@H]1O[C@@H]1C(CO)O[C@@H](NC(=O)CSCCS)C(C)C1O. The van der Waals surface area contributed by atoms with E-state index in [2.05, 4.69) is 17.9 Å². The summed E-state index contributed by atoms with van der Waals surface area (Å²) in [6.07, 6.45) is -72.4. The van der Waals surface area contributed by atoms with Crippen molar-refractivity contribution >= 4 is 30.3 Å². The molecule has 0 aromatic rings. The molecule has 1 amide bonds. The maximum Gasteiger partial charge on any atom is 0.231 e. The van der Waals surface area contributed by atoms with Crippen LogP contribution in [0.25, 0.3) is 0 Å². The third-order valence-corrected chi connectivity index (χ3v) is 22.1. The van der Waals surface area contributed by atoms with Crippen LogP contribution in [-0.2, 0) is 85.3 Å². The number of nitrogens with one attached hydrogen (secondary N) is 1. The van der Waals surface area contributed by atoms with Gasteiger partial charge in [0.1, 0.15) is 171 Å². The van der Waals surface area contributed by atoms with Gasteiger partial charge in [0, 0.05) is 29.4 Å². The van der Waals surface area contributed by atoms with Crippen LogP contribution in [0, 0.1) is 23.7 Å². The topological polar surface area (TPSA) is 672 Å². The smallest absolute Gasteiger partial charge is 0.231 e. The summed E-state index contributed by atoms with van der Waals surface area (Å²) >= 11 is 5.44. The second-order valence-corrected chi connectivity index (χ2v) is 29.6. The van der Waals surface area contributed by atoms with Crippen molar-refractivity contribution in [1.29, 1.82) is 0 Å². The number of aliphatic hydroxyl groups is 24. The Balaban J connectivity index is 1.07. The first kappa shape index (κ1) is 92.0. The molecule has 8 fully saturated rings. The Kier molecular flexibility index (Phi) is 35.9. The van der Waals surface area contributed by atoms with E-state index < -0.39 is 341 Å². The quantitative estimate of drug-likeness (QED) is 0.0159. The molecule has 8 heterocycles. The molecule has 44 atom stereocenters. The number of ether oxygens (including phenoxy) is 17.